The van der Waals surface area contributed by atoms with E-state index in [1.165, 1.54) is 37.4 Å². The highest BCUT2D eigenvalue weighted by Gasteiger charge is 2.53. The molecule has 0 saturated carbocycles. The van der Waals surface area contributed by atoms with E-state index in [1.54, 1.807) is 85.1 Å². The molecule has 0 aliphatic carbocycles. The molecule has 0 amide bonds. The minimum atomic E-state index is -1.86. The molecule has 6 rings (SSSR count). The third kappa shape index (κ3) is 15.1. The number of cyclic esters (lactones) is 1. The van der Waals surface area contributed by atoms with E-state index in [1.807, 2.05) is 37.7 Å². The van der Waals surface area contributed by atoms with Crippen LogP contribution in [0.3, 0.4) is 0 Å². The van der Waals surface area contributed by atoms with Gasteiger partial charge in [-0.25, -0.2) is 13.8 Å². The first-order chi connectivity index (χ1) is 37.6. The van der Waals surface area contributed by atoms with Gasteiger partial charge in [-0.15, -0.1) is 10.2 Å². The first kappa shape index (κ1) is 65.0. The van der Waals surface area contributed by atoms with Gasteiger partial charge in [-0.1, -0.05) is 43.3 Å². The maximum atomic E-state index is 15.0. The Labute approximate surface area is 470 Å². The van der Waals surface area contributed by atoms with Crippen molar-refractivity contribution < 1.29 is 77.4 Å². The van der Waals surface area contributed by atoms with Gasteiger partial charge in [0.2, 0.25) is 0 Å². The lowest BCUT2D eigenvalue weighted by Crippen LogP contribution is -2.61. The summed E-state index contributed by atoms with van der Waals surface area (Å²) in [5, 5.41) is 76.8. The van der Waals surface area contributed by atoms with Crippen molar-refractivity contribution in [3.05, 3.63) is 53.6 Å². The summed E-state index contributed by atoms with van der Waals surface area (Å²) >= 11 is 0. The molecule has 0 unspecified atom stereocenters. The SMILES string of the molecule is CC[C@H]1OC(=O)[C@H](C)[C@@H](O[C@H]2C[C@@](C)(OC)[C@@H](O)[C@H](C)O2)[C@H](C)[C@@H](O[C@@H]2O[C@H](C)C[C@H](N(C)CCc3cn([C@H](CF)[C@H](OC)c4ccc(-n5cc(COC(C)=O)nn5)cc4)nn3)[C@H]2O)[C@](C)(O)C[C@H](C)CN(C)[C@H](C)[C@@H](O)[C@]1(C)O. The van der Waals surface area contributed by atoms with Crippen LogP contribution in [0.2, 0.25) is 0 Å². The highest BCUT2D eigenvalue weighted by molar-refractivity contribution is 5.73. The number of likely N-dealkylation sites (N-methyl/N-ethyl adjacent to an activating group) is 2. The fourth-order valence-electron chi connectivity index (χ4n) is 12.0. The van der Waals surface area contributed by atoms with Gasteiger partial charge in [0.15, 0.2) is 12.6 Å². The second kappa shape index (κ2) is 27.5. The van der Waals surface area contributed by atoms with E-state index >= 15 is 4.39 Å². The van der Waals surface area contributed by atoms with Crippen LogP contribution in [0.5, 0.6) is 0 Å². The molecule has 5 heterocycles. The quantitative estimate of drug-likeness (QED) is 0.114. The molecule has 3 aromatic rings. The molecule has 0 bridgehead atoms. The van der Waals surface area contributed by atoms with Crippen molar-refractivity contribution in [3.8, 4) is 5.69 Å². The zero-order valence-electron chi connectivity index (χ0n) is 49.4. The van der Waals surface area contributed by atoms with E-state index in [2.05, 4.69) is 20.6 Å². The molecule has 3 aliphatic rings. The Bertz CT molecular complexity index is 2430. The van der Waals surface area contributed by atoms with Gasteiger partial charge in [0.05, 0.1) is 59.1 Å². The number of nitrogens with zero attached hydrogens (tertiary/aromatic N) is 8. The summed E-state index contributed by atoms with van der Waals surface area (Å²) in [6.45, 7) is 18.6. The second-order valence-electron chi connectivity index (χ2n) is 23.5. The van der Waals surface area contributed by atoms with Crippen molar-refractivity contribution in [2.75, 3.05) is 48.1 Å². The van der Waals surface area contributed by atoms with E-state index in [0.717, 1.165) is 0 Å². The van der Waals surface area contributed by atoms with E-state index < -0.39 is 133 Å². The number of alkyl halides is 1. The minimum absolute atomic E-state index is 0.00802. The number of ether oxygens (including phenoxy) is 8. The highest BCUT2D eigenvalue weighted by Crippen LogP contribution is 2.41. The second-order valence-corrected chi connectivity index (χ2v) is 23.5. The van der Waals surface area contributed by atoms with Crippen molar-refractivity contribution in [3.63, 3.8) is 0 Å². The van der Waals surface area contributed by atoms with Crippen LogP contribution >= 0.6 is 0 Å². The Kier molecular flexibility index (Phi) is 22.3. The number of hydrogen-bond acceptors (Lipinski definition) is 21. The van der Waals surface area contributed by atoms with E-state index in [4.69, 9.17) is 37.9 Å². The molecule has 3 aliphatic heterocycles. The Balaban J connectivity index is 1.23. The molecule has 23 nitrogen and oxygen atoms in total. The highest BCUT2D eigenvalue weighted by atomic mass is 19.1. The largest absolute Gasteiger partial charge is 0.459 e. The number of halogens is 1. The Morgan fingerprint density at radius 3 is 2.24 bits per heavy atom. The molecule has 5 N–H and O–H groups in total. The van der Waals surface area contributed by atoms with Gasteiger partial charge in [0, 0.05) is 71.3 Å². The molecule has 0 radical (unpaired) electrons. The lowest BCUT2D eigenvalue weighted by Gasteiger charge is -2.49. The molecule has 3 saturated heterocycles. The number of carbonyl (C=O) groups excluding carboxylic acids is 2. The number of rotatable bonds is 18. The normalized spacial score (nSPS) is 37.1. The summed E-state index contributed by atoms with van der Waals surface area (Å²) in [5.41, 5.74) is -2.22. The minimum Gasteiger partial charge on any atom is -0.459 e. The van der Waals surface area contributed by atoms with Gasteiger partial charge in [0.1, 0.15) is 61.1 Å². The molecule has 452 valence electrons. The van der Waals surface area contributed by atoms with Gasteiger partial charge < -0.3 is 73.2 Å². The summed E-state index contributed by atoms with van der Waals surface area (Å²) < 4.78 is 67.2. The smallest absolute Gasteiger partial charge is 0.311 e. The van der Waals surface area contributed by atoms with E-state index in [0.29, 0.717) is 48.6 Å². The number of esters is 2. The molecule has 80 heavy (non-hydrogen) atoms. The molecule has 24 heteroatoms. The van der Waals surface area contributed by atoms with Crippen LogP contribution in [0.15, 0.2) is 36.7 Å². The average molecular weight is 1140 g/mol. The summed E-state index contributed by atoms with van der Waals surface area (Å²) in [6, 6.07) is 5.21. The lowest BCUT2D eigenvalue weighted by atomic mass is 9.77. The average Bonchev–Trinajstić information content (AvgIpc) is 4.14. The lowest BCUT2D eigenvalue weighted by molar-refractivity contribution is -0.318. The Morgan fingerprint density at radius 1 is 0.938 bits per heavy atom. The molecule has 2 aromatic heterocycles. The van der Waals surface area contributed by atoms with E-state index in [-0.39, 0.29) is 31.8 Å². The molecular weight excluding hydrogens is 1040 g/mol. The first-order valence-electron chi connectivity index (χ1n) is 28.0. The maximum absolute atomic E-state index is 15.0. The number of aliphatic hydroxyl groups is 5. The number of aromatic nitrogens is 6. The van der Waals surface area contributed by atoms with Crippen LogP contribution in [-0.4, -0.2) is 216 Å². The predicted molar refractivity (Wildman–Crippen MR) is 288 cm³/mol. The van der Waals surface area contributed by atoms with Crippen molar-refractivity contribution in [2.45, 2.75) is 217 Å². The van der Waals surface area contributed by atoms with Crippen LogP contribution in [-0.2, 0) is 60.5 Å². The maximum Gasteiger partial charge on any atom is 0.311 e. The molecular formula is C56H91FN8O15. The fraction of sp³-hybridized carbons (Fsp3) is 0.786. The van der Waals surface area contributed by atoms with Crippen LogP contribution in [0.25, 0.3) is 5.69 Å². The monoisotopic (exact) mass is 1130 g/mol. The Morgan fingerprint density at radius 2 is 1.61 bits per heavy atom. The number of hydrogen-bond donors (Lipinski definition) is 5. The van der Waals surface area contributed by atoms with Gasteiger partial charge in [-0.3, -0.25) is 9.59 Å². The van der Waals surface area contributed by atoms with Gasteiger partial charge in [0.25, 0.3) is 0 Å². The van der Waals surface area contributed by atoms with Gasteiger partial charge >= 0.3 is 11.9 Å². The molecule has 0 spiro atoms. The third-order valence-electron chi connectivity index (χ3n) is 16.9. The van der Waals surface area contributed by atoms with Gasteiger partial charge in [-0.2, -0.15) is 0 Å². The summed E-state index contributed by atoms with van der Waals surface area (Å²) in [4.78, 5) is 29.7. The first-order valence-corrected chi connectivity index (χ1v) is 28.0. The molecule has 20 atom stereocenters. The fourth-order valence-corrected chi connectivity index (χ4v) is 12.0. The zero-order chi connectivity index (χ0) is 59.2. The number of methoxy groups -OCH3 is 2. The van der Waals surface area contributed by atoms with E-state index in [9.17, 15) is 35.1 Å². The number of benzene rings is 1. The molecule has 1 aromatic carbocycles. The Hall–Kier alpha value is -4.15. The van der Waals surface area contributed by atoms with Crippen LogP contribution in [0.1, 0.15) is 131 Å². The number of aliphatic hydroxyl groups excluding tert-OH is 3. The topological polar surface area (TPSA) is 277 Å². The van der Waals surface area contributed by atoms with Crippen LogP contribution < -0.4 is 0 Å². The standard InChI is InChI=1S/C56H91FN8O15/c1-16-44-56(11,72)49(68)35(6)63(13)27-31(2)24-54(9,71)51(33(4)47(34(5)52(70)78-44)79-45-25-55(10,74-15)50(69)36(7)77-45)80-53-46(67)42(23-32(3)76-53)62(12)22-21-39-28-65(61-58-39)43(26-57)48(73-14)38-17-19-41(20-18-38)64-29-40(59-60-64)30-75-37(8)66/h17-20,28-29,31-36,42-51,53,67-69,71-72H,16,21-27,30H2,1-15H3/t31-,32+,33-,34+,35+,36-,42-,43+,44+,45-,46+,47-,48+,49+,50-,51+,53-,54+,55+,56+/m0/s1. The zero-order valence-corrected chi connectivity index (χ0v) is 49.4. The van der Waals surface area contributed by atoms with Crippen LogP contribution in [0.4, 0.5) is 4.39 Å². The van der Waals surface area contributed by atoms with Crippen molar-refractivity contribution in [1.29, 1.82) is 0 Å². The molecule has 3 fully saturated rings. The number of carbonyl (C=O) groups is 2. The van der Waals surface area contributed by atoms with Gasteiger partial charge in [-0.05, 0) is 105 Å². The van der Waals surface area contributed by atoms with Crippen molar-refractivity contribution >= 4 is 11.9 Å². The summed E-state index contributed by atoms with van der Waals surface area (Å²) in [5.74, 6) is -3.36. The van der Waals surface area contributed by atoms with Crippen molar-refractivity contribution in [1.82, 2.24) is 39.8 Å². The third-order valence-corrected chi connectivity index (χ3v) is 16.9. The van der Waals surface area contributed by atoms with Crippen molar-refractivity contribution in [2.24, 2.45) is 17.8 Å². The predicted octanol–water partition coefficient (Wildman–Crippen LogP) is 3.65. The summed E-state index contributed by atoms with van der Waals surface area (Å²) in [6.07, 6.45) is -6.71. The summed E-state index contributed by atoms with van der Waals surface area (Å²) in [7, 11) is 6.68. The van der Waals surface area contributed by atoms with Crippen LogP contribution in [0, 0.1) is 17.8 Å².